The average Bonchev–Trinajstić information content (AvgIpc) is 2.13. The fourth-order valence-corrected chi connectivity index (χ4v) is 0.486. The number of hydrogen-bond acceptors (Lipinski definition) is 4. The van der Waals surface area contributed by atoms with Crippen LogP contribution in [0.3, 0.4) is 0 Å². The van der Waals surface area contributed by atoms with E-state index < -0.39 is 5.23 Å². The number of rotatable bonds is 1. The topological polar surface area (TPSA) is 89.3 Å². The van der Waals surface area contributed by atoms with Crippen LogP contribution >= 0.6 is 0 Å². The largest absolute Gasteiger partial charge is 0.594 e. The Hall–Kier alpha value is -0.980. The standard InChI is InChI=1S/C3H6N4O2/c1-2-3(7(8)9)5-6-4-2/h7-8H,1H3,(H,4,5,6). The minimum absolute atomic E-state index is 0.0185. The molecule has 6 nitrogen and oxygen atoms in total. The lowest BCUT2D eigenvalue weighted by Crippen LogP contribution is -2.99. The molecule has 1 heterocycles. The van der Waals surface area contributed by atoms with E-state index in [1.165, 1.54) is 0 Å². The van der Waals surface area contributed by atoms with Crippen molar-refractivity contribution in [1.82, 2.24) is 15.4 Å². The van der Waals surface area contributed by atoms with Gasteiger partial charge in [-0.05, 0) is 6.92 Å². The van der Waals surface area contributed by atoms with E-state index in [1.54, 1.807) is 6.92 Å². The van der Waals surface area contributed by atoms with Gasteiger partial charge in [-0.2, -0.15) is 15.5 Å². The minimum atomic E-state index is -1.05. The molecule has 0 spiro atoms. The van der Waals surface area contributed by atoms with Crippen molar-refractivity contribution < 1.29 is 10.4 Å². The molecule has 0 aromatic carbocycles. The van der Waals surface area contributed by atoms with Gasteiger partial charge >= 0.3 is 5.82 Å². The third-order valence-electron chi connectivity index (χ3n) is 0.925. The minimum Gasteiger partial charge on any atom is -0.594 e. The first-order valence-electron chi connectivity index (χ1n) is 2.32. The molecule has 1 aromatic rings. The van der Waals surface area contributed by atoms with Crippen molar-refractivity contribution in [2.75, 3.05) is 0 Å². The highest BCUT2D eigenvalue weighted by Gasteiger charge is 2.07. The Balaban J connectivity index is 2.94. The number of nitrogens with zero attached hydrogens (tertiary/aromatic N) is 2. The van der Waals surface area contributed by atoms with Crippen molar-refractivity contribution in [1.29, 1.82) is 0 Å². The molecular weight excluding hydrogens is 124 g/mol. The third-order valence-corrected chi connectivity index (χ3v) is 0.925. The van der Waals surface area contributed by atoms with E-state index in [-0.39, 0.29) is 5.82 Å². The van der Waals surface area contributed by atoms with Gasteiger partial charge in [-0.1, -0.05) is 5.10 Å². The molecule has 6 heteroatoms. The lowest BCUT2D eigenvalue weighted by atomic mass is 10.5. The zero-order valence-corrected chi connectivity index (χ0v) is 4.75. The second-order valence-electron chi connectivity index (χ2n) is 1.56. The maximum atomic E-state index is 10.2. The summed E-state index contributed by atoms with van der Waals surface area (Å²) in [5.41, 5.74) is 0.405. The molecule has 0 bridgehead atoms. The van der Waals surface area contributed by atoms with Crippen molar-refractivity contribution in [3.8, 4) is 0 Å². The summed E-state index contributed by atoms with van der Waals surface area (Å²) in [6.07, 6.45) is 0. The Morgan fingerprint density at radius 2 is 2.33 bits per heavy atom. The molecule has 0 radical (unpaired) electrons. The van der Waals surface area contributed by atoms with Gasteiger partial charge in [-0.25, -0.2) is 5.21 Å². The molecule has 3 N–H and O–H groups in total. The highest BCUT2D eigenvalue weighted by atomic mass is 16.8. The van der Waals surface area contributed by atoms with Crippen LogP contribution < -0.4 is 5.23 Å². The SMILES string of the molecule is Cc1n[nH]nc1[NH+]([O-])O. The zero-order chi connectivity index (χ0) is 6.85. The van der Waals surface area contributed by atoms with Crippen molar-refractivity contribution in [3.63, 3.8) is 0 Å². The summed E-state index contributed by atoms with van der Waals surface area (Å²) in [7, 11) is 0. The molecule has 1 rings (SSSR count). The van der Waals surface area contributed by atoms with Gasteiger partial charge < -0.3 is 5.21 Å². The monoisotopic (exact) mass is 130 g/mol. The molecule has 1 atom stereocenters. The Morgan fingerprint density at radius 1 is 1.67 bits per heavy atom. The van der Waals surface area contributed by atoms with Gasteiger partial charge in [0.25, 0.3) is 0 Å². The van der Waals surface area contributed by atoms with E-state index in [0.29, 0.717) is 5.69 Å². The first-order chi connectivity index (χ1) is 4.22. The zero-order valence-electron chi connectivity index (χ0n) is 4.75. The molecule has 9 heavy (non-hydrogen) atoms. The van der Waals surface area contributed by atoms with E-state index in [1.807, 2.05) is 0 Å². The van der Waals surface area contributed by atoms with Gasteiger partial charge in [0.15, 0.2) is 0 Å². The lowest BCUT2D eigenvalue weighted by Gasteiger charge is -2.06. The van der Waals surface area contributed by atoms with E-state index in [4.69, 9.17) is 5.21 Å². The second-order valence-corrected chi connectivity index (χ2v) is 1.56. The Labute approximate surface area is 50.6 Å². The number of quaternary nitrogens is 1. The summed E-state index contributed by atoms with van der Waals surface area (Å²) in [4.78, 5) is 0. The van der Waals surface area contributed by atoms with Gasteiger partial charge in [0.2, 0.25) is 0 Å². The third kappa shape index (κ3) is 1.04. The quantitative estimate of drug-likeness (QED) is 0.404. The van der Waals surface area contributed by atoms with E-state index in [0.717, 1.165) is 0 Å². The molecule has 0 fully saturated rings. The maximum Gasteiger partial charge on any atom is 0.300 e. The highest BCUT2D eigenvalue weighted by molar-refractivity contribution is 5.19. The molecule has 0 aliphatic carbocycles. The van der Waals surface area contributed by atoms with Crippen molar-refractivity contribution in [2.45, 2.75) is 6.92 Å². The molecular formula is C3H6N4O2. The highest BCUT2D eigenvalue weighted by Crippen LogP contribution is 1.95. The fourth-order valence-electron chi connectivity index (χ4n) is 0.486. The number of aryl methyl sites for hydroxylation is 1. The summed E-state index contributed by atoms with van der Waals surface area (Å²) < 4.78 is 0. The average molecular weight is 130 g/mol. The first-order valence-corrected chi connectivity index (χ1v) is 2.32. The van der Waals surface area contributed by atoms with Gasteiger partial charge in [0, 0.05) is 0 Å². The number of nitrogens with one attached hydrogen (secondary N) is 2. The Bertz CT molecular complexity index is 195. The Morgan fingerprint density at radius 3 is 2.56 bits per heavy atom. The summed E-state index contributed by atoms with van der Waals surface area (Å²) >= 11 is 0. The normalized spacial score (nSPS) is 13.7. The molecule has 1 aromatic heterocycles. The summed E-state index contributed by atoms with van der Waals surface area (Å²) in [6.45, 7) is 1.58. The van der Waals surface area contributed by atoms with Crippen molar-refractivity contribution in [2.24, 2.45) is 0 Å². The molecule has 0 aliphatic rings. The second kappa shape index (κ2) is 2.09. The maximum absolute atomic E-state index is 10.2. The number of aromatic nitrogens is 3. The van der Waals surface area contributed by atoms with E-state index in [9.17, 15) is 5.21 Å². The van der Waals surface area contributed by atoms with Crippen LogP contribution in [0.2, 0.25) is 0 Å². The van der Waals surface area contributed by atoms with Crippen LogP contribution in [0.25, 0.3) is 0 Å². The number of H-pyrrole nitrogens is 1. The summed E-state index contributed by atoms with van der Waals surface area (Å²) in [5.74, 6) is -0.0185. The van der Waals surface area contributed by atoms with Crippen LogP contribution in [0.4, 0.5) is 5.82 Å². The molecule has 1 unspecified atom stereocenters. The van der Waals surface area contributed by atoms with Crippen LogP contribution in [0.1, 0.15) is 5.69 Å². The van der Waals surface area contributed by atoms with Crippen LogP contribution in [0.15, 0.2) is 0 Å². The van der Waals surface area contributed by atoms with E-state index in [2.05, 4.69) is 15.4 Å². The predicted molar refractivity (Wildman–Crippen MR) is 26.9 cm³/mol. The van der Waals surface area contributed by atoms with Crippen LogP contribution in [-0.4, -0.2) is 20.6 Å². The molecule has 50 valence electrons. The van der Waals surface area contributed by atoms with E-state index >= 15 is 0 Å². The van der Waals surface area contributed by atoms with Crippen LogP contribution in [-0.2, 0) is 0 Å². The molecule has 0 saturated carbocycles. The van der Waals surface area contributed by atoms with Crippen molar-refractivity contribution >= 4 is 5.82 Å². The van der Waals surface area contributed by atoms with Crippen LogP contribution in [0, 0.1) is 12.1 Å². The van der Waals surface area contributed by atoms with Crippen molar-refractivity contribution in [3.05, 3.63) is 10.9 Å². The lowest BCUT2D eigenvalue weighted by molar-refractivity contribution is -0.993. The number of aromatic amines is 1. The molecule has 0 amide bonds. The van der Waals surface area contributed by atoms with Gasteiger partial charge in [-0.15, -0.1) is 0 Å². The fraction of sp³-hybridized carbons (Fsp3) is 0.333. The first kappa shape index (κ1) is 6.14. The van der Waals surface area contributed by atoms with Crippen LogP contribution in [0.5, 0.6) is 0 Å². The predicted octanol–water partition coefficient (Wildman–Crippen LogP) is -1.48. The molecule has 0 aliphatic heterocycles. The van der Waals surface area contributed by atoms with Gasteiger partial charge in [0.05, 0.1) is 0 Å². The van der Waals surface area contributed by atoms with Gasteiger partial charge in [-0.3, -0.25) is 0 Å². The number of hydrogen-bond donors (Lipinski definition) is 3. The van der Waals surface area contributed by atoms with Gasteiger partial charge in [0.1, 0.15) is 5.69 Å². The smallest absolute Gasteiger partial charge is 0.300 e. The molecule has 0 saturated heterocycles. The Kier molecular flexibility index (Phi) is 1.43. The summed E-state index contributed by atoms with van der Waals surface area (Å²) in [5, 5.41) is 26.5. The summed E-state index contributed by atoms with van der Waals surface area (Å²) in [6, 6.07) is 0.